The first kappa shape index (κ1) is 11.7. The molecular weight excluding hydrogens is 282 g/mol. The molecule has 0 atom stereocenters. The highest BCUT2D eigenvalue weighted by Gasteiger charge is 2.08. The molecule has 0 radical (unpaired) electrons. The van der Waals surface area contributed by atoms with E-state index in [0.717, 1.165) is 16.3 Å². The van der Waals surface area contributed by atoms with Crippen LogP contribution in [0.5, 0.6) is 11.5 Å². The molecule has 0 saturated heterocycles. The number of rotatable bonds is 0. The number of aromatic nitrogens is 1. The molecule has 0 aliphatic rings. The predicted octanol–water partition coefficient (Wildman–Crippen LogP) is -1.01. The van der Waals surface area contributed by atoms with Crippen LogP contribution in [0.1, 0.15) is 0 Å². The van der Waals surface area contributed by atoms with Crippen LogP contribution < -0.4 is 21.4 Å². The maximum Gasteiger partial charge on any atom is 0.211 e. The van der Waals surface area contributed by atoms with Crippen molar-refractivity contribution in [3.8, 4) is 11.5 Å². The van der Waals surface area contributed by atoms with E-state index in [1.165, 1.54) is 6.07 Å². The Kier molecular flexibility index (Phi) is 2.90. The Morgan fingerprint density at radius 1 is 1.00 bits per heavy atom. The van der Waals surface area contributed by atoms with Crippen LogP contribution in [0.25, 0.3) is 16.3 Å². The summed E-state index contributed by atoms with van der Waals surface area (Å²) in [6.45, 7) is 0. The molecular formula is C13H10BrNO2. The molecule has 0 aliphatic carbocycles. The molecule has 3 rings (SSSR count). The molecule has 1 aromatic carbocycles. The largest absolute Gasteiger partial charge is 1.00 e. The number of pyridine rings is 2. The highest BCUT2D eigenvalue weighted by atomic mass is 79.9. The van der Waals surface area contributed by atoms with Gasteiger partial charge in [0.2, 0.25) is 5.52 Å². The van der Waals surface area contributed by atoms with E-state index in [-0.39, 0.29) is 28.5 Å². The van der Waals surface area contributed by atoms with Crippen LogP contribution in [0, 0.1) is 0 Å². The Bertz CT molecular complexity index is 697. The van der Waals surface area contributed by atoms with Gasteiger partial charge in [-0.2, -0.15) is 4.40 Å². The molecule has 0 spiro atoms. The first-order valence-corrected chi connectivity index (χ1v) is 5.00. The minimum absolute atomic E-state index is 0. The van der Waals surface area contributed by atoms with E-state index in [1.807, 2.05) is 41.1 Å². The van der Waals surface area contributed by atoms with E-state index in [0.29, 0.717) is 0 Å². The number of benzene rings is 1. The highest BCUT2D eigenvalue weighted by molar-refractivity contribution is 5.90. The number of fused-ring (bicyclic) bond motifs is 2. The van der Waals surface area contributed by atoms with E-state index in [4.69, 9.17) is 0 Å². The van der Waals surface area contributed by atoms with Crippen LogP contribution >= 0.6 is 0 Å². The molecule has 2 N–H and O–H groups in total. The zero-order chi connectivity index (χ0) is 11.1. The topological polar surface area (TPSA) is 44.6 Å². The van der Waals surface area contributed by atoms with Crippen molar-refractivity contribution >= 4 is 16.3 Å². The average Bonchev–Trinajstić information content (AvgIpc) is 2.27. The number of phenolic OH excluding ortho intramolecular Hbond substituents is 2. The van der Waals surface area contributed by atoms with Gasteiger partial charge in [0.1, 0.15) is 11.5 Å². The Morgan fingerprint density at radius 3 is 2.65 bits per heavy atom. The van der Waals surface area contributed by atoms with Crippen LogP contribution in [0.2, 0.25) is 0 Å². The molecule has 2 heterocycles. The van der Waals surface area contributed by atoms with E-state index >= 15 is 0 Å². The standard InChI is InChI=1S/C13H9NO2.BrH/c15-11-5-9-8-14-4-2-1-3-10(14)6-12(9)13(16)7-11;/h1-8H,(H-,15,16);1H. The maximum atomic E-state index is 9.74. The Labute approximate surface area is 108 Å². The smallest absolute Gasteiger partial charge is 0.211 e. The van der Waals surface area contributed by atoms with Crippen LogP contribution in [0.3, 0.4) is 0 Å². The fourth-order valence-electron chi connectivity index (χ4n) is 1.92. The summed E-state index contributed by atoms with van der Waals surface area (Å²) in [5, 5.41) is 20.7. The third kappa shape index (κ3) is 1.91. The Balaban J connectivity index is 0.00000108. The number of hydrogen-bond donors (Lipinski definition) is 2. The van der Waals surface area contributed by atoms with Crippen LogP contribution in [-0.4, -0.2) is 10.2 Å². The molecule has 86 valence electrons. The molecule has 0 fully saturated rings. The lowest BCUT2D eigenvalue weighted by atomic mass is 10.1. The van der Waals surface area contributed by atoms with Crippen LogP contribution in [0.4, 0.5) is 0 Å². The molecule has 0 saturated carbocycles. The van der Waals surface area contributed by atoms with Gasteiger partial charge in [-0.15, -0.1) is 0 Å². The van der Waals surface area contributed by atoms with Crippen molar-refractivity contribution in [3.05, 3.63) is 48.8 Å². The van der Waals surface area contributed by atoms with Crippen LogP contribution in [0.15, 0.2) is 48.8 Å². The van der Waals surface area contributed by atoms with E-state index < -0.39 is 0 Å². The highest BCUT2D eigenvalue weighted by Crippen LogP contribution is 2.29. The van der Waals surface area contributed by atoms with Gasteiger partial charge < -0.3 is 27.2 Å². The van der Waals surface area contributed by atoms with Gasteiger partial charge in [0.15, 0.2) is 12.4 Å². The molecule has 3 nitrogen and oxygen atoms in total. The summed E-state index contributed by atoms with van der Waals surface area (Å²) in [5.41, 5.74) is 0.996. The van der Waals surface area contributed by atoms with Gasteiger partial charge in [-0.05, 0) is 12.1 Å². The third-order valence-corrected chi connectivity index (χ3v) is 2.67. The minimum Gasteiger partial charge on any atom is -1.00 e. The first-order chi connectivity index (χ1) is 7.74. The van der Waals surface area contributed by atoms with Gasteiger partial charge in [0, 0.05) is 29.7 Å². The quantitative estimate of drug-likeness (QED) is 0.412. The molecule has 3 aromatic rings. The monoisotopic (exact) mass is 291 g/mol. The SMILES string of the molecule is Oc1cc(O)c2cc3cccc[n+]3cc2c1.[Br-]. The molecule has 2 aromatic heterocycles. The van der Waals surface area contributed by atoms with Crippen molar-refractivity contribution in [3.63, 3.8) is 0 Å². The summed E-state index contributed by atoms with van der Waals surface area (Å²) in [6.07, 6.45) is 3.81. The maximum absolute atomic E-state index is 9.74. The number of nitrogens with zero attached hydrogens (tertiary/aromatic N) is 1. The summed E-state index contributed by atoms with van der Waals surface area (Å²) >= 11 is 0. The average molecular weight is 292 g/mol. The number of halogens is 1. The summed E-state index contributed by atoms with van der Waals surface area (Å²) in [5.74, 6) is 0.169. The second-order valence-corrected chi connectivity index (χ2v) is 3.77. The van der Waals surface area contributed by atoms with Gasteiger partial charge in [-0.1, -0.05) is 0 Å². The van der Waals surface area contributed by atoms with E-state index in [9.17, 15) is 10.2 Å². The molecule has 0 amide bonds. The number of aromatic hydroxyl groups is 2. The molecule has 4 heteroatoms. The van der Waals surface area contributed by atoms with Gasteiger partial charge in [-0.25, -0.2) is 0 Å². The van der Waals surface area contributed by atoms with Crippen molar-refractivity contribution < 1.29 is 31.6 Å². The van der Waals surface area contributed by atoms with Crippen molar-refractivity contribution in [2.75, 3.05) is 0 Å². The summed E-state index contributed by atoms with van der Waals surface area (Å²) < 4.78 is 1.95. The predicted molar refractivity (Wildman–Crippen MR) is 60.4 cm³/mol. The van der Waals surface area contributed by atoms with Gasteiger partial charge in [0.25, 0.3) is 0 Å². The summed E-state index contributed by atoms with van der Waals surface area (Å²) in [4.78, 5) is 0. The van der Waals surface area contributed by atoms with Crippen molar-refractivity contribution in [1.29, 1.82) is 0 Å². The van der Waals surface area contributed by atoms with Crippen LogP contribution in [-0.2, 0) is 0 Å². The summed E-state index contributed by atoms with van der Waals surface area (Å²) in [7, 11) is 0. The fourth-order valence-corrected chi connectivity index (χ4v) is 1.92. The number of phenols is 2. The molecule has 0 bridgehead atoms. The lowest BCUT2D eigenvalue weighted by molar-refractivity contribution is -0.510. The zero-order valence-electron chi connectivity index (χ0n) is 8.84. The molecule has 17 heavy (non-hydrogen) atoms. The van der Waals surface area contributed by atoms with Gasteiger partial charge in [-0.3, -0.25) is 0 Å². The lowest BCUT2D eigenvalue weighted by Gasteiger charge is -2.01. The molecule has 0 unspecified atom stereocenters. The fraction of sp³-hybridized carbons (Fsp3) is 0. The second kappa shape index (κ2) is 4.22. The van der Waals surface area contributed by atoms with Crippen molar-refractivity contribution in [1.82, 2.24) is 0 Å². The van der Waals surface area contributed by atoms with Crippen molar-refractivity contribution in [2.45, 2.75) is 0 Å². The van der Waals surface area contributed by atoms with E-state index in [1.54, 1.807) is 6.07 Å². The molecule has 0 aliphatic heterocycles. The lowest BCUT2D eigenvalue weighted by Crippen LogP contribution is -3.00. The third-order valence-electron chi connectivity index (χ3n) is 2.67. The number of hydrogen-bond acceptors (Lipinski definition) is 2. The summed E-state index contributed by atoms with van der Waals surface area (Å²) in [6, 6.07) is 10.7. The Hall–Kier alpha value is -1.81. The minimum atomic E-state index is 0. The Morgan fingerprint density at radius 2 is 1.82 bits per heavy atom. The van der Waals surface area contributed by atoms with Gasteiger partial charge >= 0.3 is 0 Å². The van der Waals surface area contributed by atoms with Crippen molar-refractivity contribution in [2.24, 2.45) is 0 Å². The van der Waals surface area contributed by atoms with E-state index in [2.05, 4.69) is 0 Å². The second-order valence-electron chi connectivity index (χ2n) is 3.77. The van der Waals surface area contributed by atoms with Gasteiger partial charge in [0.05, 0.1) is 5.39 Å². The first-order valence-electron chi connectivity index (χ1n) is 5.00. The normalized spacial score (nSPS) is 10.4. The zero-order valence-corrected chi connectivity index (χ0v) is 10.4.